The number of rotatable bonds is 9. The van der Waals surface area contributed by atoms with Crippen LogP contribution in [-0.4, -0.2) is 41.0 Å². The van der Waals surface area contributed by atoms with Crippen molar-refractivity contribution in [3.05, 3.63) is 33.9 Å². The number of benzene rings is 1. The fraction of sp³-hybridized carbons (Fsp3) is 0.538. The summed E-state index contributed by atoms with van der Waals surface area (Å²) in [7, 11) is 0. The minimum Gasteiger partial charge on any atom is -0.484 e. The van der Waals surface area contributed by atoms with Gasteiger partial charge in [-0.2, -0.15) is 0 Å². The van der Waals surface area contributed by atoms with Crippen molar-refractivity contribution in [2.45, 2.75) is 26.0 Å². The molecule has 3 N–H and O–H groups in total. The molecule has 0 radical (unpaired) electrons. The summed E-state index contributed by atoms with van der Waals surface area (Å²) in [5, 5.41) is 32.0. The lowest BCUT2D eigenvalue weighted by Crippen LogP contribution is -2.21. The fourth-order valence-corrected chi connectivity index (χ4v) is 1.58. The largest absolute Gasteiger partial charge is 0.484 e. The van der Waals surface area contributed by atoms with Crippen molar-refractivity contribution in [3.8, 4) is 5.75 Å². The summed E-state index contributed by atoms with van der Waals surface area (Å²) in [6, 6.07) is 4.62. The van der Waals surface area contributed by atoms with E-state index in [1.54, 1.807) is 12.1 Å². The van der Waals surface area contributed by atoms with E-state index in [-0.39, 0.29) is 18.0 Å². The lowest BCUT2D eigenvalue weighted by atomic mass is 10.2. The number of nitro benzene ring substituents is 1. The summed E-state index contributed by atoms with van der Waals surface area (Å²) in [5.41, 5.74) is 0.701. The molecule has 0 aromatic heterocycles. The molecule has 1 atom stereocenters. The van der Waals surface area contributed by atoms with Crippen molar-refractivity contribution in [2.24, 2.45) is 0 Å². The Bertz CT molecular complexity index is 439. The van der Waals surface area contributed by atoms with Crippen LogP contribution in [0.25, 0.3) is 0 Å². The molecule has 0 bridgehead atoms. The van der Waals surface area contributed by atoms with E-state index < -0.39 is 17.6 Å². The monoisotopic (exact) mass is 284 g/mol. The van der Waals surface area contributed by atoms with Gasteiger partial charge in [-0.1, -0.05) is 13.0 Å². The smallest absolute Gasteiger partial charge is 0.310 e. The topological polar surface area (TPSA) is 105 Å². The van der Waals surface area contributed by atoms with Crippen LogP contribution in [0.3, 0.4) is 0 Å². The molecular formula is C13H20N2O5. The van der Waals surface area contributed by atoms with Crippen LogP contribution in [0.15, 0.2) is 18.2 Å². The maximum Gasteiger partial charge on any atom is 0.310 e. The Morgan fingerprint density at radius 3 is 2.85 bits per heavy atom. The van der Waals surface area contributed by atoms with Crippen molar-refractivity contribution >= 4 is 5.69 Å². The second-order valence-electron chi connectivity index (χ2n) is 4.38. The molecule has 0 spiro atoms. The minimum atomic E-state index is -1.06. The molecule has 1 aromatic carbocycles. The molecule has 7 heteroatoms. The number of hydrogen-bond donors (Lipinski definition) is 3. The first-order chi connectivity index (χ1) is 9.58. The maximum absolute atomic E-state index is 10.9. The van der Waals surface area contributed by atoms with Gasteiger partial charge in [0, 0.05) is 12.6 Å². The van der Waals surface area contributed by atoms with Gasteiger partial charge in [0.25, 0.3) is 0 Å². The van der Waals surface area contributed by atoms with Gasteiger partial charge < -0.3 is 20.3 Å². The second-order valence-corrected chi connectivity index (χ2v) is 4.38. The standard InChI is InChI=1S/C13H20N2O5/c1-2-5-14-7-10-3-4-12(15(18)19)13(6-10)20-9-11(17)8-16/h3-4,6,11,14,16-17H,2,5,7-9H2,1H3. The summed E-state index contributed by atoms with van der Waals surface area (Å²) in [5.74, 6) is 0.0956. The van der Waals surface area contributed by atoms with Crippen molar-refractivity contribution < 1.29 is 19.9 Å². The third kappa shape index (κ3) is 5.12. The number of aliphatic hydroxyl groups is 2. The first-order valence-electron chi connectivity index (χ1n) is 6.48. The number of nitro groups is 1. The van der Waals surface area contributed by atoms with E-state index in [0.29, 0.717) is 6.54 Å². The summed E-state index contributed by atoms with van der Waals surface area (Å²) >= 11 is 0. The van der Waals surface area contributed by atoms with E-state index in [1.165, 1.54) is 6.07 Å². The van der Waals surface area contributed by atoms with Crippen molar-refractivity contribution in [1.82, 2.24) is 5.32 Å². The first kappa shape index (κ1) is 16.4. The summed E-state index contributed by atoms with van der Waals surface area (Å²) in [6.45, 7) is 2.85. The quantitative estimate of drug-likeness (QED) is 0.352. The van der Waals surface area contributed by atoms with Gasteiger partial charge >= 0.3 is 5.69 Å². The first-order valence-corrected chi connectivity index (χ1v) is 6.48. The van der Waals surface area contributed by atoms with E-state index in [4.69, 9.17) is 9.84 Å². The SMILES string of the molecule is CCCNCc1ccc([N+](=O)[O-])c(OCC(O)CO)c1. The Labute approximate surface area is 117 Å². The predicted molar refractivity (Wildman–Crippen MR) is 73.7 cm³/mol. The highest BCUT2D eigenvalue weighted by molar-refractivity contribution is 5.48. The van der Waals surface area contributed by atoms with Gasteiger partial charge in [-0.05, 0) is 24.6 Å². The van der Waals surface area contributed by atoms with Crippen molar-refractivity contribution in [2.75, 3.05) is 19.8 Å². The van der Waals surface area contributed by atoms with Crippen LogP contribution in [0.2, 0.25) is 0 Å². The molecule has 0 aliphatic carbocycles. The van der Waals surface area contributed by atoms with Crippen LogP contribution in [-0.2, 0) is 6.54 Å². The molecular weight excluding hydrogens is 264 g/mol. The molecule has 0 amide bonds. The van der Waals surface area contributed by atoms with Gasteiger partial charge in [0.2, 0.25) is 0 Å². The van der Waals surface area contributed by atoms with Crippen LogP contribution in [0.4, 0.5) is 5.69 Å². The fourth-order valence-electron chi connectivity index (χ4n) is 1.58. The van der Waals surface area contributed by atoms with Gasteiger partial charge in [0.15, 0.2) is 5.75 Å². The van der Waals surface area contributed by atoms with Gasteiger partial charge in [0.1, 0.15) is 12.7 Å². The second kappa shape index (κ2) is 8.47. The maximum atomic E-state index is 10.9. The molecule has 0 heterocycles. The molecule has 1 rings (SSSR count). The number of aliphatic hydroxyl groups excluding tert-OH is 2. The number of nitrogens with zero attached hydrogens (tertiary/aromatic N) is 1. The Hall–Kier alpha value is -1.70. The average molecular weight is 284 g/mol. The molecule has 0 saturated heterocycles. The average Bonchev–Trinajstić information content (AvgIpc) is 2.44. The molecule has 7 nitrogen and oxygen atoms in total. The highest BCUT2D eigenvalue weighted by Crippen LogP contribution is 2.28. The zero-order chi connectivity index (χ0) is 15.0. The van der Waals surface area contributed by atoms with Crippen LogP contribution in [0.1, 0.15) is 18.9 Å². The summed E-state index contributed by atoms with van der Waals surface area (Å²) < 4.78 is 5.22. The Morgan fingerprint density at radius 1 is 1.50 bits per heavy atom. The van der Waals surface area contributed by atoms with E-state index in [0.717, 1.165) is 18.5 Å². The molecule has 20 heavy (non-hydrogen) atoms. The molecule has 0 saturated carbocycles. The molecule has 112 valence electrons. The van der Waals surface area contributed by atoms with E-state index in [2.05, 4.69) is 5.32 Å². The van der Waals surface area contributed by atoms with Crippen molar-refractivity contribution in [1.29, 1.82) is 0 Å². The van der Waals surface area contributed by atoms with Gasteiger partial charge in [0.05, 0.1) is 11.5 Å². The van der Waals surface area contributed by atoms with Crippen LogP contribution >= 0.6 is 0 Å². The molecule has 0 fully saturated rings. The van der Waals surface area contributed by atoms with Gasteiger partial charge in [-0.3, -0.25) is 10.1 Å². The molecule has 1 aromatic rings. The third-order valence-corrected chi connectivity index (χ3v) is 2.62. The highest BCUT2D eigenvalue weighted by Gasteiger charge is 2.16. The van der Waals surface area contributed by atoms with Crippen LogP contribution in [0.5, 0.6) is 5.75 Å². The normalized spacial score (nSPS) is 12.2. The zero-order valence-corrected chi connectivity index (χ0v) is 11.4. The Balaban J connectivity index is 2.79. The van der Waals surface area contributed by atoms with E-state index in [1.807, 2.05) is 6.92 Å². The number of hydrogen-bond acceptors (Lipinski definition) is 6. The molecule has 0 aliphatic rings. The Kier molecular flexibility index (Phi) is 6.92. The van der Waals surface area contributed by atoms with Gasteiger partial charge in [-0.25, -0.2) is 0 Å². The predicted octanol–water partition coefficient (Wildman–Crippen LogP) is 0.826. The summed E-state index contributed by atoms with van der Waals surface area (Å²) in [4.78, 5) is 10.4. The van der Waals surface area contributed by atoms with Crippen molar-refractivity contribution in [3.63, 3.8) is 0 Å². The molecule has 1 unspecified atom stereocenters. The van der Waals surface area contributed by atoms with E-state index in [9.17, 15) is 15.2 Å². The highest BCUT2D eigenvalue weighted by atomic mass is 16.6. The lowest BCUT2D eigenvalue weighted by Gasteiger charge is -2.11. The van der Waals surface area contributed by atoms with E-state index >= 15 is 0 Å². The zero-order valence-electron chi connectivity index (χ0n) is 11.4. The van der Waals surface area contributed by atoms with Crippen LogP contribution < -0.4 is 10.1 Å². The van der Waals surface area contributed by atoms with Gasteiger partial charge in [-0.15, -0.1) is 0 Å². The number of nitrogens with one attached hydrogen (secondary N) is 1. The Morgan fingerprint density at radius 2 is 2.25 bits per heavy atom. The summed E-state index contributed by atoms with van der Waals surface area (Å²) in [6.07, 6.45) is -0.0598. The van der Waals surface area contributed by atoms with Crippen LogP contribution in [0, 0.1) is 10.1 Å². The third-order valence-electron chi connectivity index (χ3n) is 2.62. The number of ether oxygens (including phenoxy) is 1. The molecule has 0 aliphatic heterocycles. The minimum absolute atomic E-state index is 0.0956. The lowest BCUT2D eigenvalue weighted by molar-refractivity contribution is -0.385.